The van der Waals surface area contributed by atoms with E-state index >= 15 is 0 Å². The van der Waals surface area contributed by atoms with Gasteiger partial charge in [0.1, 0.15) is 11.6 Å². The minimum Gasteiger partial charge on any atom is -0.444 e. The van der Waals surface area contributed by atoms with Crippen LogP contribution in [0.5, 0.6) is 0 Å². The summed E-state index contributed by atoms with van der Waals surface area (Å²) in [5.41, 5.74) is -0.572. The van der Waals surface area contributed by atoms with Gasteiger partial charge in [-0.05, 0) is 57.9 Å². The fraction of sp³-hybridized carbons (Fsp3) is 0.889. The molecule has 0 spiro atoms. The Kier molecular flexibility index (Phi) is 5.78. The maximum atomic E-state index is 12.9. The van der Waals surface area contributed by atoms with Crippen molar-refractivity contribution in [1.82, 2.24) is 15.5 Å². The van der Waals surface area contributed by atoms with E-state index < -0.39 is 17.7 Å². The number of nitrogens with one attached hydrogen (secondary N) is 2. The topological polar surface area (TPSA) is 70.7 Å². The molecule has 0 unspecified atom stereocenters. The van der Waals surface area contributed by atoms with Crippen molar-refractivity contribution in [3.8, 4) is 0 Å². The normalized spacial score (nSPS) is 27.7. The molecule has 0 aromatic rings. The highest BCUT2D eigenvalue weighted by Crippen LogP contribution is 2.34. The molecule has 2 amide bonds. The zero-order valence-corrected chi connectivity index (χ0v) is 15.9. The molecule has 1 aliphatic heterocycles. The second-order valence-corrected chi connectivity index (χ2v) is 8.55. The first-order valence-electron chi connectivity index (χ1n) is 9.07. The molecule has 24 heavy (non-hydrogen) atoms. The van der Waals surface area contributed by atoms with Gasteiger partial charge in [-0.1, -0.05) is 13.8 Å². The van der Waals surface area contributed by atoms with E-state index in [0.717, 1.165) is 25.9 Å². The van der Waals surface area contributed by atoms with Crippen LogP contribution in [0.2, 0.25) is 0 Å². The fourth-order valence-electron chi connectivity index (χ4n) is 3.97. The molecule has 1 aliphatic carbocycles. The van der Waals surface area contributed by atoms with Gasteiger partial charge in [0.2, 0.25) is 5.91 Å². The lowest BCUT2D eigenvalue weighted by Gasteiger charge is -2.33. The smallest absolute Gasteiger partial charge is 0.410 e. The maximum Gasteiger partial charge on any atom is 0.410 e. The van der Waals surface area contributed by atoms with Crippen molar-refractivity contribution in [3.05, 3.63) is 0 Å². The number of rotatable bonds is 4. The van der Waals surface area contributed by atoms with Crippen LogP contribution in [0, 0.1) is 17.8 Å². The largest absolute Gasteiger partial charge is 0.444 e. The van der Waals surface area contributed by atoms with E-state index in [1.165, 1.54) is 4.90 Å². The van der Waals surface area contributed by atoms with Crippen LogP contribution >= 0.6 is 0 Å². The van der Waals surface area contributed by atoms with Crippen LogP contribution in [-0.2, 0) is 9.53 Å². The molecule has 0 radical (unpaired) electrons. The van der Waals surface area contributed by atoms with Crippen molar-refractivity contribution in [2.45, 2.75) is 65.1 Å². The summed E-state index contributed by atoms with van der Waals surface area (Å²) >= 11 is 0. The highest BCUT2D eigenvalue weighted by Gasteiger charge is 2.41. The number of carbonyl (C=O) groups is 2. The fourth-order valence-corrected chi connectivity index (χ4v) is 3.97. The molecule has 1 saturated heterocycles. The van der Waals surface area contributed by atoms with Crippen LogP contribution in [0.3, 0.4) is 0 Å². The minimum absolute atomic E-state index is 0.0152. The molecule has 0 aromatic carbocycles. The summed E-state index contributed by atoms with van der Waals surface area (Å²) in [5.74, 6) is 1.14. The quantitative estimate of drug-likeness (QED) is 0.822. The van der Waals surface area contributed by atoms with Crippen molar-refractivity contribution < 1.29 is 14.3 Å². The Morgan fingerprint density at radius 1 is 1.21 bits per heavy atom. The third kappa shape index (κ3) is 4.41. The first-order valence-corrected chi connectivity index (χ1v) is 9.07. The van der Waals surface area contributed by atoms with Crippen LogP contribution in [0.4, 0.5) is 4.79 Å². The number of nitrogens with zero attached hydrogens (tertiary/aromatic N) is 1. The zero-order valence-electron chi connectivity index (χ0n) is 15.9. The van der Waals surface area contributed by atoms with Gasteiger partial charge in [-0.15, -0.1) is 0 Å². The van der Waals surface area contributed by atoms with E-state index in [4.69, 9.17) is 4.74 Å². The van der Waals surface area contributed by atoms with Crippen molar-refractivity contribution in [1.29, 1.82) is 0 Å². The zero-order chi connectivity index (χ0) is 18.1. The maximum absolute atomic E-state index is 12.9. The number of amides is 2. The highest BCUT2D eigenvalue weighted by molar-refractivity contribution is 5.86. The predicted molar refractivity (Wildman–Crippen MR) is 93.6 cm³/mol. The lowest BCUT2D eigenvalue weighted by atomic mass is 9.96. The molecule has 2 rings (SSSR count). The first kappa shape index (κ1) is 19.0. The summed E-state index contributed by atoms with van der Waals surface area (Å²) < 4.78 is 5.42. The molecule has 1 saturated carbocycles. The average molecular weight is 339 g/mol. The molecule has 6 heteroatoms. The Labute approximate surface area is 145 Å². The number of carbonyl (C=O) groups excluding carboxylic acids is 2. The van der Waals surface area contributed by atoms with E-state index in [0.29, 0.717) is 11.8 Å². The minimum atomic E-state index is -0.572. The van der Waals surface area contributed by atoms with Crippen LogP contribution in [0.25, 0.3) is 0 Å². The van der Waals surface area contributed by atoms with E-state index in [9.17, 15) is 9.59 Å². The van der Waals surface area contributed by atoms with Crippen LogP contribution in [-0.4, -0.2) is 54.7 Å². The van der Waals surface area contributed by atoms with Crippen LogP contribution < -0.4 is 10.6 Å². The Morgan fingerprint density at radius 2 is 1.88 bits per heavy atom. The number of likely N-dealkylation sites (N-methyl/N-ethyl adjacent to an activating group) is 1. The van der Waals surface area contributed by atoms with Gasteiger partial charge < -0.3 is 15.4 Å². The summed E-state index contributed by atoms with van der Waals surface area (Å²) in [7, 11) is 1.65. The van der Waals surface area contributed by atoms with Gasteiger partial charge in [-0.25, -0.2) is 4.79 Å². The second kappa shape index (κ2) is 7.30. The van der Waals surface area contributed by atoms with Gasteiger partial charge in [0.05, 0.1) is 0 Å². The molecule has 0 aromatic heterocycles. The molecule has 2 aliphatic rings. The summed E-state index contributed by atoms with van der Waals surface area (Å²) in [6.45, 7) is 11.4. The molecule has 2 fully saturated rings. The number of fused-ring (bicyclic) bond motifs is 1. The molecule has 4 atom stereocenters. The molecule has 2 N–H and O–H groups in total. The Morgan fingerprint density at radius 3 is 2.46 bits per heavy atom. The van der Waals surface area contributed by atoms with Crippen LogP contribution in [0.15, 0.2) is 0 Å². The van der Waals surface area contributed by atoms with E-state index in [1.54, 1.807) is 7.05 Å². The van der Waals surface area contributed by atoms with Crippen molar-refractivity contribution >= 4 is 12.0 Å². The summed E-state index contributed by atoms with van der Waals surface area (Å²) in [5, 5.41) is 6.61. The third-order valence-electron chi connectivity index (χ3n) is 5.08. The summed E-state index contributed by atoms with van der Waals surface area (Å²) in [4.78, 5) is 26.6. The summed E-state index contributed by atoms with van der Waals surface area (Å²) in [6, 6.07) is -0.306. The summed E-state index contributed by atoms with van der Waals surface area (Å²) in [6.07, 6.45) is 1.74. The lowest BCUT2D eigenvalue weighted by Crippen LogP contribution is -2.54. The number of ether oxygens (including phenoxy) is 1. The highest BCUT2D eigenvalue weighted by atomic mass is 16.6. The first-order chi connectivity index (χ1) is 11.1. The van der Waals surface area contributed by atoms with Gasteiger partial charge in [0.25, 0.3) is 0 Å². The molecular formula is C18H33N3O3. The molecule has 6 nitrogen and oxygen atoms in total. The second-order valence-electron chi connectivity index (χ2n) is 8.55. The van der Waals surface area contributed by atoms with E-state index in [2.05, 4.69) is 10.6 Å². The third-order valence-corrected chi connectivity index (χ3v) is 5.08. The van der Waals surface area contributed by atoms with Gasteiger partial charge >= 0.3 is 6.09 Å². The molecule has 1 heterocycles. The van der Waals surface area contributed by atoms with Crippen molar-refractivity contribution in [2.24, 2.45) is 17.8 Å². The number of hydrogen-bond acceptors (Lipinski definition) is 4. The molecule has 138 valence electrons. The van der Waals surface area contributed by atoms with Crippen molar-refractivity contribution in [3.63, 3.8) is 0 Å². The van der Waals surface area contributed by atoms with Gasteiger partial charge in [0, 0.05) is 19.6 Å². The standard InChI is InChI=1S/C18H33N3O3/c1-11(2)15(21(6)17(23)24-18(3,4)5)16(22)20-14-8-7-12-9-19-10-13(12)14/h11-15,19H,7-10H2,1-6H3,(H,20,22)/t12-,13+,14+,15+/m1/s1. The molecule has 0 bridgehead atoms. The van der Waals surface area contributed by atoms with E-state index in [-0.39, 0.29) is 17.9 Å². The van der Waals surface area contributed by atoms with Gasteiger partial charge in [-0.2, -0.15) is 0 Å². The van der Waals surface area contributed by atoms with Crippen LogP contribution in [0.1, 0.15) is 47.5 Å². The number of hydrogen-bond donors (Lipinski definition) is 2. The lowest BCUT2D eigenvalue weighted by molar-refractivity contribution is -0.128. The average Bonchev–Trinajstić information content (AvgIpc) is 3.01. The van der Waals surface area contributed by atoms with Gasteiger partial charge in [-0.3, -0.25) is 9.69 Å². The Bertz CT molecular complexity index is 473. The van der Waals surface area contributed by atoms with Gasteiger partial charge in [0.15, 0.2) is 0 Å². The molecular weight excluding hydrogens is 306 g/mol. The Balaban J connectivity index is 2.01. The predicted octanol–water partition coefficient (Wildman–Crippen LogP) is 1.99. The monoisotopic (exact) mass is 339 g/mol. The van der Waals surface area contributed by atoms with Crippen molar-refractivity contribution in [2.75, 3.05) is 20.1 Å². The SMILES string of the molecule is CC(C)[C@@H](C(=O)N[C@H]1CC[C@@H]2CNC[C@@H]21)N(C)C(=O)OC(C)(C)C. The van der Waals surface area contributed by atoms with E-state index in [1.807, 2.05) is 34.6 Å². The Hall–Kier alpha value is -1.30.